The maximum Gasteiger partial charge on any atom is 0.276 e. The highest BCUT2D eigenvalue weighted by molar-refractivity contribution is 5.54. The molecule has 0 amide bonds. The van der Waals surface area contributed by atoms with Crippen LogP contribution in [0, 0.1) is 10.1 Å². The molecule has 8 heteroatoms. The number of anilines is 2. The number of nitrogen functional groups attached to an aromatic ring is 1. The summed E-state index contributed by atoms with van der Waals surface area (Å²) in [5, 5.41) is 14.0. The van der Waals surface area contributed by atoms with E-state index >= 15 is 0 Å². The van der Waals surface area contributed by atoms with Crippen LogP contribution in [0.4, 0.5) is 17.3 Å². The maximum atomic E-state index is 10.9. The van der Waals surface area contributed by atoms with Gasteiger partial charge in [0.05, 0.1) is 17.1 Å². The molecule has 0 atom stereocenters. The van der Waals surface area contributed by atoms with Crippen molar-refractivity contribution >= 4 is 17.3 Å². The summed E-state index contributed by atoms with van der Waals surface area (Å²) in [4.78, 5) is 16.9. The number of likely N-dealkylation sites (N-methyl/N-ethyl adjacent to an activating group) is 1. The van der Waals surface area contributed by atoms with Gasteiger partial charge in [-0.2, -0.15) is 0 Å². The van der Waals surface area contributed by atoms with Gasteiger partial charge in [-0.05, 0) is 19.9 Å². The second-order valence-corrected chi connectivity index (χ2v) is 5.34. The standard InChI is InChI=1S/C13H22N6O2/c1-18(10-4-2-3-5-10)7-6-15-12-8-11(19(20)21)9-13(16-12)17-14/h8-10H,2-7,14H2,1H3,(H2,15,16,17). The molecule has 116 valence electrons. The molecular weight excluding hydrogens is 272 g/mol. The maximum absolute atomic E-state index is 10.9. The van der Waals surface area contributed by atoms with Crippen LogP contribution in [0.3, 0.4) is 0 Å². The van der Waals surface area contributed by atoms with Crippen LogP contribution in [0.1, 0.15) is 25.7 Å². The van der Waals surface area contributed by atoms with E-state index in [4.69, 9.17) is 5.84 Å². The van der Waals surface area contributed by atoms with E-state index in [1.165, 1.54) is 37.8 Å². The molecule has 0 aliphatic heterocycles. The third kappa shape index (κ3) is 4.27. The monoisotopic (exact) mass is 294 g/mol. The second-order valence-electron chi connectivity index (χ2n) is 5.34. The number of nitro groups is 1. The zero-order valence-electron chi connectivity index (χ0n) is 12.2. The van der Waals surface area contributed by atoms with Crippen LogP contribution < -0.4 is 16.6 Å². The quantitative estimate of drug-likeness (QED) is 0.397. The van der Waals surface area contributed by atoms with Crippen molar-refractivity contribution in [1.29, 1.82) is 0 Å². The van der Waals surface area contributed by atoms with Crippen LogP contribution in [0.25, 0.3) is 0 Å². The van der Waals surface area contributed by atoms with Gasteiger partial charge in [0.25, 0.3) is 5.69 Å². The molecule has 0 aromatic carbocycles. The predicted molar refractivity (Wildman–Crippen MR) is 82.1 cm³/mol. The third-order valence-corrected chi connectivity index (χ3v) is 3.89. The number of aromatic nitrogens is 1. The Balaban J connectivity index is 1.89. The largest absolute Gasteiger partial charge is 0.369 e. The normalized spacial score (nSPS) is 15.4. The van der Waals surface area contributed by atoms with Crippen molar-refractivity contribution in [3.8, 4) is 0 Å². The minimum atomic E-state index is -0.460. The summed E-state index contributed by atoms with van der Waals surface area (Å²) in [6.45, 7) is 1.56. The Morgan fingerprint density at radius 1 is 1.43 bits per heavy atom. The molecule has 2 rings (SSSR count). The number of hydrogen-bond acceptors (Lipinski definition) is 7. The first-order valence-corrected chi connectivity index (χ1v) is 7.17. The van der Waals surface area contributed by atoms with E-state index in [1.807, 2.05) is 0 Å². The van der Waals surface area contributed by atoms with E-state index < -0.39 is 4.92 Å². The van der Waals surface area contributed by atoms with Crippen LogP contribution in [-0.2, 0) is 0 Å². The minimum Gasteiger partial charge on any atom is -0.369 e. The van der Waals surface area contributed by atoms with Crippen molar-refractivity contribution in [3.05, 3.63) is 22.2 Å². The molecule has 8 nitrogen and oxygen atoms in total. The molecule has 21 heavy (non-hydrogen) atoms. The first-order valence-electron chi connectivity index (χ1n) is 7.17. The van der Waals surface area contributed by atoms with Gasteiger partial charge in [-0.15, -0.1) is 0 Å². The summed E-state index contributed by atoms with van der Waals surface area (Å²) in [6.07, 6.45) is 5.13. The number of nitrogens with one attached hydrogen (secondary N) is 2. The van der Waals surface area contributed by atoms with Gasteiger partial charge in [0.1, 0.15) is 11.6 Å². The molecule has 0 bridgehead atoms. The Morgan fingerprint density at radius 2 is 2.10 bits per heavy atom. The van der Waals surface area contributed by atoms with E-state index in [1.54, 1.807) is 0 Å². The molecule has 1 aliphatic rings. The lowest BCUT2D eigenvalue weighted by Gasteiger charge is -2.24. The second kappa shape index (κ2) is 7.19. The highest BCUT2D eigenvalue weighted by Gasteiger charge is 2.19. The summed E-state index contributed by atoms with van der Waals surface area (Å²) in [6, 6.07) is 3.37. The topological polar surface area (TPSA) is 109 Å². The summed E-state index contributed by atoms with van der Waals surface area (Å²) in [7, 11) is 2.12. The van der Waals surface area contributed by atoms with Crippen molar-refractivity contribution in [1.82, 2.24) is 9.88 Å². The molecular formula is C13H22N6O2. The SMILES string of the molecule is CN(CCNc1cc([N+](=O)[O-])cc(NN)n1)C1CCCC1. The Hall–Kier alpha value is -1.93. The van der Waals surface area contributed by atoms with Gasteiger partial charge in [0.2, 0.25) is 0 Å². The lowest BCUT2D eigenvalue weighted by atomic mass is 10.2. The van der Waals surface area contributed by atoms with E-state index in [2.05, 4.69) is 27.7 Å². The summed E-state index contributed by atoms with van der Waals surface area (Å²) >= 11 is 0. The van der Waals surface area contributed by atoms with Gasteiger partial charge >= 0.3 is 0 Å². The van der Waals surface area contributed by atoms with Crippen LogP contribution in [0.15, 0.2) is 12.1 Å². The first-order chi connectivity index (χ1) is 10.1. The smallest absolute Gasteiger partial charge is 0.276 e. The van der Waals surface area contributed by atoms with Crippen LogP contribution in [0.5, 0.6) is 0 Å². The lowest BCUT2D eigenvalue weighted by molar-refractivity contribution is -0.384. The molecule has 4 N–H and O–H groups in total. The molecule has 0 unspecified atom stereocenters. The average molecular weight is 294 g/mol. The van der Waals surface area contributed by atoms with Gasteiger partial charge < -0.3 is 15.6 Å². The molecule has 1 heterocycles. The summed E-state index contributed by atoms with van der Waals surface area (Å²) in [5.74, 6) is 6.01. The highest BCUT2D eigenvalue weighted by atomic mass is 16.6. The van der Waals surface area contributed by atoms with E-state index in [0.29, 0.717) is 18.4 Å². The van der Waals surface area contributed by atoms with E-state index in [0.717, 1.165) is 6.54 Å². The number of nitrogens with two attached hydrogens (primary N) is 1. The fourth-order valence-electron chi connectivity index (χ4n) is 2.67. The summed E-state index contributed by atoms with van der Waals surface area (Å²) in [5.41, 5.74) is 2.30. The molecule has 1 aromatic rings. The van der Waals surface area contributed by atoms with Crippen molar-refractivity contribution < 1.29 is 4.92 Å². The summed E-state index contributed by atoms with van der Waals surface area (Å²) < 4.78 is 0. The zero-order valence-corrected chi connectivity index (χ0v) is 12.2. The Labute approximate surface area is 123 Å². The Morgan fingerprint density at radius 3 is 2.71 bits per heavy atom. The molecule has 1 aromatic heterocycles. The first kappa shape index (κ1) is 15.5. The van der Waals surface area contributed by atoms with Crippen LogP contribution >= 0.6 is 0 Å². The number of nitrogens with zero attached hydrogens (tertiary/aromatic N) is 3. The van der Waals surface area contributed by atoms with Crippen LogP contribution in [0.2, 0.25) is 0 Å². The van der Waals surface area contributed by atoms with Gasteiger partial charge in [-0.3, -0.25) is 10.1 Å². The van der Waals surface area contributed by atoms with Gasteiger partial charge in [0.15, 0.2) is 0 Å². The van der Waals surface area contributed by atoms with Gasteiger partial charge in [-0.25, -0.2) is 10.8 Å². The number of hydrogen-bond donors (Lipinski definition) is 3. The van der Waals surface area contributed by atoms with Crippen molar-refractivity contribution in [2.24, 2.45) is 5.84 Å². The highest BCUT2D eigenvalue weighted by Crippen LogP contribution is 2.22. The molecule has 1 fully saturated rings. The van der Waals surface area contributed by atoms with Crippen LogP contribution in [-0.4, -0.2) is 41.0 Å². The van der Waals surface area contributed by atoms with E-state index in [9.17, 15) is 10.1 Å². The zero-order chi connectivity index (χ0) is 15.2. The Bertz CT molecular complexity index is 490. The molecule has 0 spiro atoms. The van der Waals surface area contributed by atoms with Crippen molar-refractivity contribution in [2.75, 3.05) is 30.9 Å². The number of hydrazine groups is 1. The van der Waals surface area contributed by atoms with Crippen molar-refractivity contribution in [2.45, 2.75) is 31.7 Å². The molecule has 0 saturated heterocycles. The lowest BCUT2D eigenvalue weighted by Crippen LogP contribution is -2.33. The fraction of sp³-hybridized carbons (Fsp3) is 0.615. The van der Waals surface area contributed by atoms with Crippen molar-refractivity contribution in [3.63, 3.8) is 0 Å². The van der Waals surface area contributed by atoms with E-state index in [-0.39, 0.29) is 11.5 Å². The molecule has 0 radical (unpaired) electrons. The molecule has 1 saturated carbocycles. The average Bonchev–Trinajstić information content (AvgIpc) is 3.01. The number of pyridine rings is 1. The third-order valence-electron chi connectivity index (χ3n) is 3.89. The molecule has 1 aliphatic carbocycles. The van der Waals surface area contributed by atoms with Gasteiger partial charge in [0, 0.05) is 19.1 Å². The predicted octanol–water partition coefficient (Wildman–Crippen LogP) is 1.56. The Kier molecular flexibility index (Phi) is 5.29. The fourth-order valence-corrected chi connectivity index (χ4v) is 2.67. The number of rotatable bonds is 7. The minimum absolute atomic E-state index is 0.0374. The van der Waals surface area contributed by atoms with Gasteiger partial charge in [-0.1, -0.05) is 12.8 Å².